The highest BCUT2D eigenvalue weighted by atomic mass is 16.4. The van der Waals surface area contributed by atoms with Crippen molar-refractivity contribution < 1.29 is 10.0 Å². The first kappa shape index (κ1) is 9.90. The molecule has 0 aromatic carbocycles. The summed E-state index contributed by atoms with van der Waals surface area (Å²) >= 11 is 0. The van der Waals surface area contributed by atoms with E-state index in [1.165, 1.54) is 0 Å². The molecule has 0 heterocycles. The van der Waals surface area contributed by atoms with Crippen LogP contribution in [0.25, 0.3) is 0 Å². The van der Waals surface area contributed by atoms with Gasteiger partial charge in [-0.1, -0.05) is 5.16 Å². The van der Waals surface area contributed by atoms with E-state index >= 15 is 0 Å². The van der Waals surface area contributed by atoms with Crippen molar-refractivity contribution >= 4 is 12.1 Å². The van der Waals surface area contributed by atoms with Gasteiger partial charge in [-0.05, 0) is 14.1 Å². The molecule has 0 atom stereocenters. The Hall–Kier alpha value is -1.10. The zero-order valence-corrected chi connectivity index (χ0v) is 6.74. The Morgan fingerprint density at radius 3 is 2.82 bits per heavy atom. The molecule has 0 aliphatic carbocycles. The number of hydrogen-bond acceptors (Lipinski definition) is 4. The summed E-state index contributed by atoms with van der Waals surface area (Å²) in [5, 5.41) is 13.1. The molecule has 0 radical (unpaired) electrons. The molecule has 0 unspecified atom stereocenters. The molecule has 0 rings (SSSR count). The van der Waals surface area contributed by atoms with Gasteiger partial charge in [-0.15, -0.1) is 0 Å². The Labute approximate surface area is 65.7 Å². The molecule has 5 nitrogen and oxygen atoms in total. The van der Waals surface area contributed by atoms with Crippen molar-refractivity contribution in [1.82, 2.24) is 10.2 Å². The van der Waals surface area contributed by atoms with Crippen LogP contribution in [0, 0.1) is 0 Å². The van der Waals surface area contributed by atoms with E-state index in [4.69, 9.17) is 5.21 Å². The molecule has 5 heteroatoms. The van der Waals surface area contributed by atoms with Gasteiger partial charge in [-0.3, -0.25) is 4.79 Å². The Morgan fingerprint density at radius 2 is 2.36 bits per heavy atom. The summed E-state index contributed by atoms with van der Waals surface area (Å²) in [7, 11) is 3.82. The number of amides is 1. The van der Waals surface area contributed by atoms with E-state index in [1.807, 2.05) is 19.0 Å². The van der Waals surface area contributed by atoms with Gasteiger partial charge in [0.25, 0.3) is 5.91 Å². The predicted octanol–water partition coefficient (Wildman–Crippen LogP) is -0.876. The maximum absolute atomic E-state index is 10.6. The SMILES string of the molecule is CN(C)CCNC(=O)/C=N/O. The second-order valence-corrected chi connectivity index (χ2v) is 2.34. The Morgan fingerprint density at radius 1 is 1.73 bits per heavy atom. The zero-order valence-electron chi connectivity index (χ0n) is 6.74. The number of oxime groups is 1. The van der Waals surface area contributed by atoms with E-state index in [1.54, 1.807) is 0 Å². The minimum absolute atomic E-state index is 0.380. The minimum atomic E-state index is -0.380. The van der Waals surface area contributed by atoms with Crippen LogP contribution in [0.2, 0.25) is 0 Å². The van der Waals surface area contributed by atoms with Crippen molar-refractivity contribution in [2.24, 2.45) is 5.16 Å². The fourth-order valence-electron chi connectivity index (χ4n) is 0.501. The van der Waals surface area contributed by atoms with E-state index in [9.17, 15) is 4.79 Å². The molecule has 0 saturated heterocycles. The summed E-state index contributed by atoms with van der Waals surface area (Å²) in [5.74, 6) is -0.380. The quantitative estimate of drug-likeness (QED) is 0.318. The highest BCUT2D eigenvalue weighted by Gasteiger charge is 1.94. The molecule has 0 aromatic heterocycles. The third kappa shape index (κ3) is 6.79. The lowest BCUT2D eigenvalue weighted by molar-refractivity contribution is -0.114. The standard InChI is InChI=1S/C6H13N3O2/c1-9(2)4-3-7-6(10)5-8-11/h5,11H,3-4H2,1-2H3,(H,7,10)/b8-5+. The van der Waals surface area contributed by atoms with Gasteiger partial charge < -0.3 is 15.4 Å². The van der Waals surface area contributed by atoms with E-state index in [-0.39, 0.29) is 5.91 Å². The molecule has 0 fully saturated rings. The lowest BCUT2D eigenvalue weighted by atomic mass is 10.5. The van der Waals surface area contributed by atoms with Crippen molar-refractivity contribution in [3.63, 3.8) is 0 Å². The van der Waals surface area contributed by atoms with Crippen LogP contribution in [0.4, 0.5) is 0 Å². The van der Waals surface area contributed by atoms with Crippen LogP contribution in [-0.2, 0) is 4.79 Å². The van der Waals surface area contributed by atoms with Crippen LogP contribution in [0.15, 0.2) is 5.16 Å². The summed E-state index contributed by atoms with van der Waals surface area (Å²) in [6, 6.07) is 0. The summed E-state index contributed by atoms with van der Waals surface area (Å²) in [6.07, 6.45) is 0.829. The highest BCUT2D eigenvalue weighted by Crippen LogP contribution is 1.70. The van der Waals surface area contributed by atoms with Crippen molar-refractivity contribution in [2.45, 2.75) is 0 Å². The maximum atomic E-state index is 10.6. The number of likely N-dealkylation sites (N-methyl/N-ethyl adjacent to an activating group) is 1. The maximum Gasteiger partial charge on any atom is 0.265 e. The van der Waals surface area contributed by atoms with Crippen molar-refractivity contribution in [2.75, 3.05) is 27.2 Å². The lowest BCUT2D eigenvalue weighted by Crippen LogP contribution is -2.31. The Balaban J connectivity index is 3.32. The molecule has 0 bridgehead atoms. The highest BCUT2D eigenvalue weighted by molar-refractivity contribution is 6.25. The van der Waals surface area contributed by atoms with Crippen LogP contribution < -0.4 is 5.32 Å². The van der Waals surface area contributed by atoms with Crippen LogP contribution in [0.3, 0.4) is 0 Å². The second-order valence-electron chi connectivity index (χ2n) is 2.34. The summed E-state index contributed by atoms with van der Waals surface area (Å²) in [4.78, 5) is 12.5. The molecule has 0 aromatic rings. The largest absolute Gasteiger partial charge is 0.411 e. The van der Waals surface area contributed by atoms with Gasteiger partial charge in [0, 0.05) is 13.1 Å². The Bertz CT molecular complexity index is 145. The molecular weight excluding hydrogens is 146 g/mol. The average Bonchev–Trinajstić information content (AvgIpc) is 1.87. The van der Waals surface area contributed by atoms with Gasteiger partial charge >= 0.3 is 0 Å². The first-order chi connectivity index (χ1) is 5.16. The molecule has 1 amide bonds. The average molecular weight is 159 g/mol. The van der Waals surface area contributed by atoms with Gasteiger partial charge in [0.05, 0.1) is 0 Å². The van der Waals surface area contributed by atoms with Gasteiger partial charge in [0.2, 0.25) is 0 Å². The number of carbonyl (C=O) groups excluding carboxylic acids is 1. The monoisotopic (exact) mass is 159 g/mol. The number of nitrogens with zero attached hydrogens (tertiary/aromatic N) is 2. The van der Waals surface area contributed by atoms with E-state index in [0.717, 1.165) is 12.8 Å². The van der Waals surface area contributed by atoms with Crippen LogP contribution in [0.5, 0.6) is 0 Å². The molecular formula is C6H13N3O2. The molecule has 0 spiro atoms. The molecule has 2 N–H and O–H groups in total. The predicted molar refractivity (Wildman–Crippen MR) is 41.8 cm³/mol. The van der Waals surface area contributed by atoms with Crippen LogP contribution >= 0.6 is 0 Å². The molecule has 64 valence electrons. The van der Waals surface area contributed by atoms with Crippen molar-refractivity contribution in [1.29, 1.82) is 0 Å². The van der Waals surface area contributed by atoms with Crippen LogP contribution in [-0.4, -0.2) is 49.4 Å². The minimum Gasteiger partial charge on any atom is -0.411 e. The third-order valence-electron chi connectivity index (χ3n) is 1.03. The molecule has 0 saturated carbocycles. The van der Waals surface area contributed by atoms with Gasteiger partial charge in [0.1, 0.15) is 6.21 Å². The number of nitrogens with one attached hydrogen (secondary N) is 1. The molecule has 0 aliphatic rings. The van der Waals surface area contributed by atoms with Crippen molar-refractivity contribution in [3.05, 3.63) is 0 Å². The van der Waals surface area contributed by atoms with Gasteiger partial charge in [-0.2, -0.15) is 0 Å². The van der Waals surface area contributed by atoms with E-state index < -0.39 is 0 Å². The normalized spacial score (nSPS) is 10.8. The first-order valence-electron chi connectivity index (χ1n) is 3.27. The lowest BCUT2D eigenvalue weighted by Gasteiger charge is -2.08. The van der Waals surface area contributed by atoms with Crippen molar-refractivity contribution in [3.8, 4) is 0 Å². The summed E-state index contributed by atoms with van der Waals surface area (Å²) < 4.78 is 0. The summed E-state index contributed by atoms with van der Waals surface area (Å²) in [5.41, 5.74) is 0. The molecule has 11 heavy (non-hydrogen) atoms. The van der Waals surface area contributed by atoms with Gasteiger partial charge in [-0.25, -0.2) is 0 Å². The number of rotatable bonds is 4. The smallest absolute Gasteiger partial charge is 0.265 e. The summed E-state index contributed by atoms with van der Waals surface area (Å²) in [6.45, 7) is 1.32. The fourth-order valence-corrected chi connectivity index (χ4v) is 0.501. The zero-order chi connectivity index (χ0) is 8.69. The number of hydrogen-bond donors (Lipinski definition) is 2. The fraction of sp³-hybridized carbons (Fsp3) is 0.667. The number of carbonyl (C=O) groups is 1. The van der Waals surface area contributed by atoms with E-state index in [2.05, 4.69) is 10.5 Å². The van der Waals surface area contributed by atoms with Gasteiger partial charge in [0.15, 0.2) is 0 Å². The second kappa shape index (κ2) is 5.67. The van der Waals surface area contributed by atoms with E-state index in [0.29, 0.717) is 6.54 Å². The Kier molecular flexibility index (Phi) is 5.10. The molecule has 0 aliphatic heterocycles. The van der Waals surface area contributed by atoms with Crippen LogP contribution in [0.1, 0.15) is 0 Å². The first-order valence-corrected chi connectivity index (χ1v) is 3.27. The topological polar surface area (TPSA) is 64.9 Å². The third-order valence-corrected chi connectivity index (χ3v) is 1.03.